The van der Waals surface area contributed by atoms with Gasteiger partial charge in [-0.1, -0.05) is 18.2 Å². The number of amides is 1. The highest BCUT2D eigenvalue weighted by Gasteiger charge is 2.35. The molecule has 0 radical (unpaired) electrons. The summed E-state index contributed by atoms with van der Waals surface area (Å²) >= 11 is 0. The number of fused-ring (bicyclic) bond motifs is 1. The molecule has 1 aromatic carbocycles. The van der Waals surface area contributed by atoms with Crippen LogP contribution in [0.15, 0.2) is 36.5 Å². The van der Waals surface area contributed by atoms with Gasteiger partial charge >= 0.3 is 6.18 Å². The van der Waals surface area contributed by atoms with E-state index in [1.54, 1.807) is 12.1 Å². The van der Waals surface area contributed by atoms with Crippen LogP contribution in [0.3, 0.4) is 0 Å². The maximum absolute atomic E-state index is 12.6. The maximum Gasteiger partial charge on any atom is 0.435 e. The molecule has 0 spiro atoms. The second-order valence-electron chi connectivity index (χ2n) is 4.88. The number of alkyl halides is 3. The van der Waals surface area contributed by atoms with E-state index >= 15 is 0 Å². The van der Waals surface area contributed by atoms with Gasteiger partial charge in [-0.05, 0) is 30.5 Å². The molecule has 1 aromatic heterocycles. The molecule has 4 nitrogen and oxygen atoms in total. The average molecular weight is 295 g/mol. The third-order valence-corrected chi connectivity index (χ3v) is 3.48. The molecule has 1 aliphatic rings. The summed E-state index contributed by atoms with van der Waals surface area (Å²) in [6.45, 7) is 0. The van der Waals surface area contributed by atoms with Gasteiger partial charge in [0.05, 0.1) is 0 Å². The fraction of sp³-hybridized carbons (Fsp3) is 0.286. The Bertz CT molecular complexity index is 678. The Morgan fingerprint density at radius 2 is 2.00 bits per heavy atom. The summed E-state index contributed by atoms with van der Waals surface area (Å²) in [7, 11) is 0. The lowest BCUT2D eigenvalue weighted by Gasteiger charge is -2.13. The van der Waals surface area contributed by atoms with Gasteiger partial charge in [0.2, 0.25) is 5.91 Å². The number of hydrogen-bond donors (Lipinski definition) is 1. The quantitative estimate of drug-likeness (QED) is 0.879. The summed E-state index contributed by atoms with van der Waals surface area (Å²) in [6, 6.07) is 7.47. The topological polar surface area (TPSA) is 46.9 Å². The Kier molecular flexibility index (Phi) is 3.19. The molecule has 7 heteroatoms. The second-order valence-corrected chi connectivity index (χ2v) is 4.88. The van der Waals surface area contributed by atoms with E-state index in [4.69, 9.17) is 0 Å². The molecule has 2 aromatic rings. The number of benzene rings is 1. The van der Waals surface area contributed by atoms with Gasteiger partial charge in [-0.3, -0.25) is 9.48 Å². The van der Waals surface area contributed by atoms with Crippen LogP contribution in [-0.2, 0) is 17.4 Å². The van der Waals surface area contributed by atoms with Crippen molar-refractivity contribution in [1.29, 1.82) is 0 Å². The zero-order valence-corrected chi connectivity index (χ0v) is 10.9. The summed E-state index contributed by atoms with van der Waals surface area (Å²) in [4.78, 5) is 12.2. The monoisotopic (exact) mass is 295 g/mol. The van der Waals surface area contributed by atoms with E-state index in [9.17, 15) is 18.0 Å². The van der Waals surface area contributed by atoms with Crippen molar-refractivity contribution in [2.45, 2.75) is 25.1 Å². The largest absolute Gasteiger partial charge is 0.435 e. The summed E-state index contributed by atoms with van der Waals surface area (Å²) < 4.78 is 38.8. The minimum atomic E-state index is -4.50. The lowest BCUT2D eigenvalue weighted by atomic mass is 10.1. The van der Waals surface area contributed by atoms with E-state index in [2.05, 4.69) is 10.4 Å². The first-order valence-electron chi connectivity index (χ1n) is 6.46. The Labute approximate surface area is 118 Å². The van der Waals surface area contributed by atoms with E-state index in [-0.39, 0.29) is 5.91 Å². The number of halogens is 3. The van der Waals surface area contributed by atoms with Crippen LogP contribution >= 0.6 is 0 Å². The molecule has 1 N–H and O–H groups in total. The molecular weight excluding hydrogens is 283 g/mol. The highest BCUT2D eigenvalue weighted by molar-refractivity contribution is 5.95. The summed E-state index contributed by atoms with van der Waals surface area (Å²) in [6.07, 6.45) is -2.30. The Hall–Kier alpha value is -2.31. The van der Waals surface area contributed by atoms with Crippen molar-refractivity contribution in [2.75, 3.05) is 5.32 Å². The Morgan fingerprint density at radius 1 is 1.24 bits per heavy atom. The molecule has 0 fully saturated rings. The van der Waals surface area contributed by atoms with Crippen LogP contribution in [0.4, 0.5) is 18.9 Å². The molecule has 0 bridgehead atoms. The normalized spacial score (nSPS) is 18.8. The van der Waals surface area contributed by atoms with Gasteiger partial charge in [0, 0.05) is 11.9 Å². The van der Waals surface area contributed by atoms with Crippen LogP contribution in [0, 0.1) is 0 Å². The van der Waals surface area contributed by atoms with Crippen molar-refractivity contribution in [3.05, 3.63) is 47.8 Å². The van der Waals surface area contributed by atoms with Gasteiger partial charge in [-0.25, -0.2) is 0 Å². The first-order chi connectivity index (χ1) is 9.95. The van der Waals surface area contributed by atoms with Crippen molar-refractivity contribution >= 4 is 11.6 Å². The molecule has 3 rings (SSSR count). The van der Waals surface area contributed by atoms with Crippen LogP contribution in [0.2, 0.25) is 0 Å². The average Bonchev–Trinajstić information content (AvgIpc) is 2.84. The summed E-state index contributed by atoms with van der Waals surface area (Å²) in [5.74, 6) is -0.350. The van der Waals surface area contributed by atoms with Gasteiger partial charge in [0.1, 0.15) is 6.04 Å². The smallest absolute Gasteiger partial charge is 0.324 e. The predicted octanol–water partition coefficient (Wildman–Crippen LogP) is 3.03. The molecule has 0 saturated heterocycles. The summed E-state index contributed by atoms with van der Waals surface area (Å²) in [5.41, 5.74) is 0.682. The molecule has 1 unspecified atom stereocenters. The number of anilines is 1. The summed E-state index contributed by atoms with van der Waals surface area (Å²) in [5, 5.41) is 6.23. The van der Waals surface area contributed by atoms with Gasteiger partial charge < -0.3 is 5.32 Å². The molecule has 1 atom stereocenters. The zero-order chi connectivity index (χ0) is 15.0. The molecule has 1 aliphatic heterocycles. The molecule has 2 heterocycles. The third-order valence-electron chi connectivity index (χ3n) is 3.48. The Balaban J connectivity index is 1.87. The van der Waals surface area contributed by atoms with Crippen LogP contribution < -0.4 is 5.32 Å². The molecule has 21 heavy (non-hydrogen) atoms. The number of nitrogens with one attached hydrogen (secondary N) is 1. The number of para-hydroxylation sites is 1. The van der Waals surface area contributed by atoms with Crippen LogP contribution in [0.5, 0.6) is 0 Å². The van der Waals surface area contributed by atoms with E-state index in [1.807, 2.05) is 12.1 Å². The second kappa shape index (κ2) is 4.91. The van der Waals surface area contributed by atoms with Gasteiger partial charge in [0.25, 0.3) is 0 Å². The molecule has 0 saturated carbocycles. The van der Waals surface area contributed by atoms with Crippen LogP contribution in [0.1, 0.15) is 23.7 Å². The first kappa shape index (κ1) is 13.7. The van der Waals surface area contributed by atoms with Crippen molar-refractivity contribution < 1.29 is 18.0 Å². The number of aryl methyl sites for hydroxylation is 1. The SMILES string of the molecule is O=C1Nc2ccccc2CCC1n1ccc(C(F)(F)F)n1. The number of carbonyl (C=O) groups excluding carboxylic acids is 1. The van der Waals surface area contributed by atoms with E-state index < -0.39 is 17.9 Å². The van der Waals surface area contributed by atoms with Gasteiger partial charge in [0.15, 0.2) is 5.69 Å². The fourth-order valence-electron chi connectivity index (χ4n) is 2.41. The van der Waals surface area contributed by atoms with Gasteiger partial charge in [-0.2, -0.15) is 18.3 Å². The lowest BCUT2D eigenvalue weighted by Crippen LogP contribution is -2.25. The number of rotatable bonds is 1. The number of aromatic nitrogens is 2. The number of carbonyl (C=O) groups is 1. The zero-order valence-electron chi connectivity index (χ0n) is 10.9. The van der Waals surface area contributed by atoms with E-state index in [0.29, 0.717) is 18.5 Å². The lowest BCUT2D eigenvalue weighted by molar-refractivity contribution is -0.141. The Morgan fingerprint density at radius 3 is 2.71 bits per heavy atom. The third kappa shape index (κ3) is 2.63. The molecule has 110 valence electrons. The minimum absolute atomic E-state index is 0.350. The van der Waals surface area contributed by atoms with Crippen molar-refractivity contribution in [1.82, 2.24) is 9.78 Å². The highest BCUT2D eigenvalue weighted by Crippen LogP contribution is 2.30. The van der Waals surface area contributed by atoms with Crippen molar-refractivity contribution in [3.63, 3.8) is 0 Å². The number of hydrogen-bond acceptors (Lipinski definition) is 2. The van der Waals surface area contributed by atoms with Crippen LogP contribution in [0.25, 0.3) is 0 Å². The van der Waals surface area contributed by atoms with Crippen molar-refractivity contribution in [3.8, 4) is 0 Å². The van der Waals surface area contributed by atoms with E-state index in [1.165, 1.54) is 6.20 Å². The fourth-order valence-corrected chi connectivity index (χ4v) is 2.41. The predicted molar refractivity (Wildman–Crippen MR) is 69.7 cm³/mol. The number of nitrogens with zero attached hydrogens (tertiary/aromatic N) is 2. The molecule has 0 aliphatic carbocycles. The molecular formula is C14H12F3N3O. The minimum Gasteiger partial charge on any atom is -0.324 e. The van der Waals surface area contributed by atoms with Gasteiger partial charge in [-0.15, -0.1) is 0 Å². The first-order valence-corrected chi connectivity index (χ1v) is 6.46. The van der Waals surface area contributed by atoms with Crippen LogP contribution in [-0.4, -0.2) is 15.7 Å². The highest BCUT2D eigenvalue weighted by atomic mass is 19.4. The maximum atomic E-state index is 12.6. The standard InChI is InChI=1S/C14H12F3N3O/c15-14(16,17)12-7-8-20(19-12)11-6-5-9-3-1-2-4-10(9)18-13(11)21/h1-4,7-8,11H,5-6H2,(H,18,21). The van der Waals surface area contributed by atoms with E-state index in [0.717, 1.165) is 16.3 Å². The molecule has 1 amide bonds. The van der Waals surface area contributed by atoms with Crippen molar-refractivity contribution in [2.24, 2.45) is 0 Å².